The van der Waals surface area contributed by atoms with Gasteiger partial charge in [-0.15, -0.1) is 0 Å². The summed E-state index contributed by atoms with van der Waals surface area (Å²) in [5.74, 6) is 0. The zero-order valence-electron chi connectivity index (χ0n) is 11.0. The quantitative estimate of drug-likeness (QED) is 0.763. The molecule has 96 valence electrons. The average molecular weight is 246 g/mol. The highest BCUT2D eigenvalue weighted by Crippen LogP contribution is 2.22. The van der Waals surface area contributed by atoms with E-state index in [9.17, 15) is 4.79 Å². The zero-order chi connectivity index (χ0) is 13.2. The van der Waals surface area contributed by atoms with Crippen LogP contribution in [-0.4, -0.2) is 23.2 Å². The minimum atomic E-state index is -0.490. The van der Waals surface area contributed by atoms with Crippen molar-refractivity contribution in [1.29, 1.82) is 0 Å². The number of hydrogen-bond donors (Lipinski definition) is 0. The minimum Gasteiger partial charge on any atom is -0.442 e. The number of rotatable bonds is 1. The van der Waals surface area contributed by atoms with E-state index in [1.165, 1.54) is 5.01 Å². The number of carbonyl (C=O) groups is 1. The second kappa shape index (κ2) is 4.72. The summed E-state index contributed by atoms with van der Waals surface area (Å²) in [7, 11) is 0. The molecule has 1 aromatic carbocycles. The summed E-state index contributed by atoms with van der Waals surface area (Å²) < 4.78 is 5.37. The van der Waals surface area contributed by atoms with Crippen molar-refractivity contribution in [3.63, 3.8) is 0 Å². The molecule has 0 saturated carbocycles. The van der Waals surface area contributed by atoms with Gasteiger partial charge in [0.05, 0.1) is 12.2 Å². The Balaban J connectivity index is 2.13. The molecule has 1 aliphatic heterocycles. The highest BCUT2D eigenvalue weighted by atomic mass is 16.6. The molecule has 0 spiro atoms. The van der Waals surface area contributed by atoms with Gasteiger partial charge in [0, 0.05) is 6.20 Å². The Bertz CT molecular complexity index is 449. The molecule has 4 nitrogen and oxygen atoms in total. The molecule has 0 aliphatic carbocycles. The van der Waals surface area contributed by atoms with E-state index in [0.29, 0.717) is 6.54 Å². The van der Waals surface area contributed by atoms with E-state index >= 15 is 0 Å². The van der Waals surface area contributed by atoms with Crippen LogP contribution in [0.2, 0.25) is 0 Å². The van der Waals surface area contributed by atoms with Gasteiger partial charge in [0.1, 0.15) is 5.60 Å². The molecule has 0 unspecified atom stereocenters. The van der Waals surface area contributed by atoms with Crippen LogP contribution in [0.5, 0.6) is 0 Å². The van der Waals surface area contributed by atoms with Gasteiger partial charge in [-0.05, 0) is 39.0 Å². The highest BCUT2D eigenvalue weighted by molar-refractivity contribution is 5.73. The Labute approximate surface area is 107 Å². The number of hydrazine groups is 1. The molecular weight excluding hydrogens is 228 g/mol. The highest BCUT2D eigenvalue weighted by Gasteiger charge is 2.27. The first-order valence-corrected chi connectivity index (χ1v) is 5.99. The smallest absolute Gasteiger partial charge is 0.433 e. The van der Waals surface area contributed by atoms with E-state index in [1.54, 1.807) is 6.20 Å². The molecular formula is C14H18N2O2. The van der Waals surface area contributed by atoms with Gasteiger partial charge in [0.15, 0.2) is 0 Å². The summed E-state index contributed by atoms with van der Waals surface area (Å²) in [4.78, 5) is 12.1. The number of para-hydroxylation sites is 1. The molecule has 1 aromatic rings. The monoisotopic (exact) mass is 246 g/mol. The predicted molar refractivity (Wildman–Crippen MR) is 71.0 cm³/mol. The SMILES string of the molecule is CC(C)(C)OC(=O)N1C=CCN1c1ccccc1. The van der Waals surface area contributed by atoms with E-state index < -0.39 is 5.60 Å². The fraction of sp³-hybridized carbons (Fsp3) is 0.357. The lowest BCUT2D eigenvalue weighted by Gasteiger charge is -2.31. The van der Waals surface area contributed by atoms with Crippen LogP contribution in [0.25, 0.3) is 0 Å². The van der Waals surface area contributed by atoms with Gasteiger partial charge in [-0.2, -0.15) is 5.01 Å². The standard InChI is InChI=1S/C14H18N2O2/c1-14(2,3)18-13(17)16-11-7-10-15(16)12-8-5-4-6-9-12/h4-9,11H,10H2,1-3H3. The molecule has 0 bridgehead atoms. The second-order valence-electron chi connectivity index (χ2n) is 5.13. The van der Waals surface area contributed by atoms with Crippen LogP contribution < -0.4 is 5.01 Å². The molecule has 0 atom stereocenters. The topological polar surface area (TPSA) is 32.8 Å². The third kappa shape index (κ3) is 2.83. The number of anilines is 1. The van der Waals surface area contributed by atoms with Gasteiger partial charge in [0.25, 0.3) is 0 Å². The largest absolute Gasteiger partial charge is 0.442 e. The fourth-order valence-electron chi connectivity index (χ4n) is 1.71. The lowest BCUT2D eigenvalue weighted by molar-refractivity contribution is 0.0332. The average Bonchev–Trinajstić information content (AvgIpc) is 2.76. The Morgan fingerprint density at radius 2 is 1.89 bits per heavy atom. The van der Waals surface area contributed by atoms with Gasteiger partial charge in [0.2, 0.25) is 0 Å². The van der Waals surface area contributed by atoms with Crippen LogP contribution >= 0.6 is 0 Å². The number of nitrogens with zero attached hydrogens (tertiary/aromatic N) is 2. The molecule has 0 fully saturated rings. The first-order valence-electron chi connectivity index (χ1n) is 5.99. The van der Waals surface area contributed by atoms with Gasteiger partial charge in [-0.3, -0.25) is 5.01 Å². The van der Waals surface area contributed by atoms with Crippen molar-refractivity contribution in [3.8, 4) is 0 Å². The summed E-state index contributed by atoms with van der Waals surface area (Å²) in [5, 5.41) is 3.37. The van der Waals surface area contributed by atoms with Crippen LogP contribution in [0.3, 0.4) is 0 Å². The van der Waals surface area contributed by atoms with Crippen LogP contribution in [0, 0.1) is 0 Å². The maximum atomic E-state index is 12.1. The van der Waals surface area contributed by atoms with Crippen molar-refractivity contribution >= 4 is 11.8 Å². The molecule has 0 aromatic heterocycles. The number of hydrogen-bond acceptors (Lipinski definition) is 3. The number of carbonyl (C=O) groups excluding carboxylic acids is 1. The lowest BCUT2D eigenvalue weighted by atomic mass is 10.2. The zero-order valence-corrected chi connectivity index (χ0v) is 11.0. The van der Waals surface area contributed by atoms with E-state index in [1.807, 2.05) is 62.2 Å². The molecule has 18 heavy (non-hydrogen) atoms. The summed E-state index contributed by atoms with van der Waals surface area (Å²) >= 11 is 0. The van der Waals surface area contributed by atoms with Crippen LogP contribution in [0.4, 0.5) is 10.5 Å². The molecule has 1 aliphatic rings. The van der Waals surface area contributed by atoms with Crippen molar-refractivity contribution in [2.24, 2.45) is 0 Å². The number of amides is 1. The van der Waals surface area contributed by atoms with Crippen LogP contribution in [0.1, 0.15) is 20.8 Å². The lowest BCUT2D eigenvalue weighted by Crippen LogP contribution is -2.42. The third-order valence-electron chi connectivity index (χ3n) is 2.42. The summed E-state index contributed by atoms with van der Waals surface area (Å²) in [6.07, 6.45) is 3.30. The molecule has 0 saturated heterocycles. The van der Waals surface area contributed by atoms with E-state index in [0.717, 1.165) is 5.69 Å². The summed E-state index contributed by atoms with van der Waals surface area (Å²) in [6.45, 7) is 6.25. The Kier molecular flexibility index (Phi) is 3.28. The van der Waals surface area contributed by atoms with Crippen molar-refractivity contribution in [3.05, 3.63) is 42.6 Å². The maximum absolute atomic E-state index is 12.1. The van der Waals surface area contributed by atoms with Gasteiger partial charge in [-0.1, -0.05) is 18.2 Å². The molecule has 0 radical (unpaired) electrons. The Hall–Kier alpha value is -1.97. The second-order valence-corrected chi connectivity index (χ2v) is 5.13. The first-order chi connectivity index (χ1) is 8.47. The molecule has 2 rings (SSSR count). The molecule has 1 heterocycles. The van der Waals surface area contributed by atoms with E-state index in [4.69, 9.17) is 4.74 Å². The molecule has 1 amide bonds. The van der Waals surface area contributed by atoms with Crippen LogP contribution in [0.15, 0.2) is 42.6 Å². The first kappa shape index (κ1) is 12.5. The molecule has 4 heteroatoms. The van der Waals surface area contributed by atoms with Crippen molar-refractivity contribution in [2.75, 3.05) is 11.6 Å². The predicted octanol–water partition coefficient (Wildman–Crippen LogP) is 3.17. The van der Waals surface area contributed by atoms with E-state index in [-0.39, 0.29) is 6.09 Å². The summed E-state index contributed by atoms with van der Waals surface area (Å²) in [5.41, 5.74) is 0.476. The Morgan fingerprint density at radius 1 is 1.22 bits per heavy atom. The fourth-order valence-corrected chi connectivity index (χ4v) is 1.71. The molecule has 0 N–H and O–H groups in total. The van der Waals surface area contributed by atoms with E-state index in [2.05, 4.69) is 0 Å². The number of ether oxygens (including phenoxy) is 1. The van der Waals surface area contributed by atoms with Gasteiger partial charge >= 0.3 is 6.09 Å². The van der Waals surface area contributed by atoms with Crippen molar-refractivity contribution in [2.45, 2.75) is 26.4 Å². The van der Waals surface area contributed by atoms with Crippen molar-refractivity contribution in [1.82, 2.24) is 5.01 Å². The van der Waals surface area contributed by atoms with Gasteiger partial charge in [-0.25, -0.2) is 4.79 Å². The number of benzene rings is 1. The minimum absolute atomic E-state index is 0.361. The van der Waals surface area contributed by atoms with Crippen LogP contribution in [-0.2, 0) is 4.74 Å². The summed E-state index contributed by atoms with van der Waals surface area (Å²) in [6, 6.07) is 9.77. The Morgan fingerprint density at radius 3 is 2.50 bits per heavy atom. The van der Waals surface area contributed by atoms with Gasteiger partial charge < -0.3 is 4.74 Å². The normalized spacial score (nSPS) is 15.1. The maximum Gasteiger partial charge on any atom is 0.433 e. The third-order valence-corrected chi connectivity index (χ3v) is 2.42. The van der Waals surface area contributed by atoms with Crippen molar-refractivity contribution < 1.29 is 9.53 Å².